The second-order valence-corrected chi connectivity index (χ2v) is 9.52. The van der Waals surface area contributed by atoms with Crippen molar-refractivity contribution in [2.75, 3.05) is 6.54 Å². The normalized spacial score (nSPS) is 31.1. The van der Waals surface area contributed by atoms with Crippen LogP contribution < -0.4 is 0 Å². The van der Waals surface area contributed by atoms with Gasteiger partial charge in [-0.15, -0.1) is 0 Å². The summed E-state index contributed by atoms with van der Waals surface area (Å²) in [6.07, 6.45) is 16.7. The average Bonchev–Trinajstić information content (AvgIpc) is 2.73. The first-order chi connectivity index (χ1) is 13.2. The lowest BCUT2D eigenvalue weighted by Gasteiger charge is -2.36. The van der Waals surface area contributed by atoms with Gasteiger partial charge < -0.3 is 4.74 Å². The molecule has 0 saturated heterocycles. The molecule has 0 spiro atoms. The molecule has 4 rings (SSSR count). The van der Waals surface area contributed by atoms with Crippen LogP contribution in [0, 0.1) is 17.8 Å². The molecule has 2 fully saturated rings. The maximum atomic E-state index is 13.1. The zero-order chi connectivity index (χ0) is 18.6. The molecule has 0 aromatic carbocycles. The minimum Gasteiger partial charge on any atom is -0.455 e. The Labute approximate surface area is 165 Å². The summed E-state index contributed by atoms with van der Waals surface area (Å²) in [5, 5.41) is 0. The van der Waals surface area contributed by atoms with Gasteiger partial charge in [-0.3, -0.25) is 9.79 Å². The van der Waals surface area contributed by atoms with Gasteiger partial charge in [0.1, 0.15) is 6.10 Å². The van der Waals surface area contributed by atoms with E-state index in [0.717, 1.165) is 38.1 Å². The molecule has 0 amide bonds. The molecule has 1 aliphatic heterocycles. The Hall–Kier alpha value is -1.12. The maximum absolute atomic E-state index is 13.1. The fourth-order valence-electron chi connectivity index (χ4n) is 5.75. The monoisotopic (exact) mass is 371 g/mol. The zero-order valence-electron chi connectivity index (χ0n) is 17.2. The second kappa shape index (κ2) is 8.92. The number of dihydropyridines is 1. The molecule has 0 radical (unpaired) electrons. The fourth-order valence-corrected chi connectivity index (χ4v) is 5.75. The van der Waals surface area contributed by atoms with Crippen LogP contribution in [0.4, 0.5) is 0 Å². The molecule has 0 N–H and O–H groups in total. The van der Waals surface area contributed by atoms with Gasteiger partial charge in [0, 0.05) is 12.5 Å². The minimum atomic E-state index is -0.0689. The Morgan fingerprint density at radius 1 is 0.926 bits per heavy atom. The quantitative estimate of drug-likeness (QED) is 0.567. The van der Waals surface area contributed by atoms with E-state index in [2.05, 4.69) is 6.92 Å². The number of rotatable bonds is 4. The first-order valence-electron chi connectivity index (χ1n) is 11.7. The van der Waals surface area contributed by atoms with Crippen molar-refractivity contribution < 1.29 is 9.53 Å². The molecule has 0 bridgehead atoms. The second-order valence-electron chi connectivity index (χ2n) is 9.52. The Balaban J connectivity index is 1.53. The van der Waals surface area contributed by atoms with Crippen LogP contribution in [0.15, 0.2) is 16.1 Å². The fraction of sp³-hybridized carbons (Fsp3) is 0.833. The van der Waals surface area contributed by atoms with Gasteiger partial charge in [-0.25, -0.2) is 0 Å². The molecule has 3 heteroatoms. The van der Waals surface area contributed by atoms with Gasteiger partial charge in [0.05, 0.1) is 11.6 Å². The molecule has 3 aliphatic carbocycles. The third kappa shape index (κ3) is 4.49. The highest BCUT2D eigenvalue weighted by atomic mass is 16.5. The highest BCUT2D eigenvalue weighted by Gasteiger charge is 2.37. The summed E-state index contributed by atoms with van der Waals surface area (Å²) in [6, 6.07) is 0. The van der Waals surface area contributed by atoms with Crippen LogP contribution in [0.3, 0.4) is 0 Å². The van der Waals surface area contributed by atoms with Crippen LogP contribution in [-0.4, -0.2) is 24.3 Å². The average molecular weight is 372 g/mol. The number of nitrogens with zero attached hydrogens (tertiary/aromatic N) is 1. The molecule has 1 heterocycles. The van der Waals surface area contributed by atoms with Gasteiger partial charge in [0.15, 0.2) is 0 Å². The molecule has 0 aromatic rings. The molecule has 0 aromatic heterocycles. The highest BCUT2D eigenvalue weighted by molar-refractivity contribution is 6.05. The van der Waals surface area contributed by atoms with Gasteiger partial charge in [0.25, 0.3) is 0 Å². The van der Waals surface area contributed by atoms with Gasteiger partial charge >= 0.3 is 5.97 Å². The van der Waals surface area contributed by atoms with E-state index in [4.69, 9.17) is 9.73 Å². The summed E-state index contributed by atoms with van der Waals surface area (Å²) in [4.78, 5) is 18.0. The number of hydrogen-bond donors (Lipinski definition) is 0. The number of carbonyl (C=O) groups is 1. The Morgan fingerprint density at radius 2 is 1.67 bits per heavy atom. The Bertz CT molecular complexity index is 592. The summed E-state index contributed by atoms with van der Waals surface area (Å²) in [6.45, 7) is 3.20. The molecule has 4 aliphatic rings. The van der Waals surface area contributed by atoms with E-state index >= 15 is 0 Å². The molecule has 150 valence electrons. The van der Waals surface area contributed by atoms with Crippen LogP contribution in [0.25, 0.3) is 0 Å². The summed E-state index contributed by atoms with van der Waals surface area (Å²) < 4.78 is 6.35. The first kappa shape index (κ1) is 19.2. The van der Waals surface area contributed by atoms with Gasteiger partial charge in [-0.05, 0) is 82.1 Å². The van der Waals surface area contributed by atoms with E-state index in [9.17, 15) is 4.79 Å². The Kier molecular flexibility index (Phi) is 6.35. The number of aliphatic imine (C=N–C) groups is 1. The van der Waals surface area contributed by atoms with Crippen molar-refractivity contribution >= 4 is 11.7 Å². The number of carbonyl (C=O) groups excluding carboxylic acids is 1. The molecule has 3 nitrogen and oxygen atoms in total. The van der Waals surface area contributed by atoms with E-state index in [1.54, 1.807) is 5.57 Å². The minimum absolute atomic E-state index is 0.0689. The largest absolute Gasteiger partial charge is 0.455 e. The summed E-state index contributed by atoms with van der Waals surface area (Å²) in [7, 11) is 0. The third-order valence-corrected chi connectivity index (χ3v) is 7.53. The summed E-state index contributed by atoms with van der Waals surface area (Å²) in [5.41, 5.74) is 4.28. The lowest BCUT2D eigenvalue weighted by molar-refractivity contribution is -0.154. The number of hydrogen-bond acceptors (Lipinski definition) is 3. The molecule has 1 atom stereocenters. The first-order valence-corrected chi connectivity index (χ1v) is 11.7. The van der Waals surface area contributed by atoms with Gasteiger partial charge in [-0.2, -0.15) is 0 Å². The van der Waals surface area contributed by atoms with Crippen LogP contribution in [-0.2, 0) is 9.53 Å². The van der Waals surface area contributed by atoms with Crippen LogP contribution in [0.1, 0.15) is 96.8 Å². The van der Waals surface area contributed by atoms with Crippen molar-refractivity contribution in [3.63, 3.8) is 0 Å². The van der Waals surface area contributed by atoms with Crippen molar-refractivity contribution in [3.8, 4) is 0 Å². The van der Waals surface area contributed by atoms with E-state index in [1.165, 1.54) is 75.5 Å². The molecule has 27 heavy (non-hydrogen) atoms. The standard InChI is InChI=1S/C24H37NO2/c1-17-11-13-20(14-12-17)24(26)27-23(19-8-3-2-4-9-19)22-21-10-6-5-7-18(21)15-16-25-22/h17,19-20,23H,2-16H2,1H3. The van der Waals surface area contributed by atoms with Crippen LogP contribution >= 0.6 is 0 Å². The van der Waals surface area contributed by atoms with E-state index in [0.29, 0.717) is 5.92 Å². The summed E-state index contributed by atoms with van der Waals surface area (Å²) >= 11 is 0. The maximum Gasteiger partial charge on any atom is 0.309 e. The third-order valence-electron chi connectivity index (χ3n) is 7.53. The van der Waals surface area contributed by atoms with Gasteiger partial charge in [0.2, 0.25) is 0 Å². The lowest BCUT2D eigenvalue weighted by Crippen LogP contribution is -2.40. The van der Waals surface area contributed by atoms with E-state index in [1.807, 2.05) is 0 Å². The van der Waals surface area contributed by atoms with E-state index < -0.39 is 0 Å². The van der Waals surface area contributed by atoms with Crippen molar-refractivity contribution in [2.24, 2.45) is 22.7 Å². The van der Waals surface area contributed by atoms with Crippen molar-refractivity contribution in [3.05, 3.63) is 11.1 Å². The van der Waals surface area contributed by atoms with Crippen LogP contribution in [0.5, 0.6) is 0 Å². The van der Waals surface area contributed by atoms with Crippen molar-refractivity contribution in [1.82, 2.24) is 0 Å². The predicted molar refractivity (Wildman–Crippen MR) is 110 cm³/mol. The lowest BCUT2D eigenvalue weighted by atomic mass is 9.77. The Morgan fingerprint density at radius 3 is 2.44 bits per heavy atom. The number of ether oxygens (including phenoxy) is 1. The number of esters is 1. The topological polar surface area (TPSA) is 38.7 Å². The molecule has 2 saturated carbocycles. The molecular weight excluding hydrogens is 334 g/mol. The van der Waals surface area contributed by atoms with Crippen LogP contribution in [0.2, 0.25) is 0 Å². The van der Waals surface area contributed by atoms with E-state index in [-0.39, 0.29) is 18.0 Å². The SMILES string of the molecule is CC1CCC(C(=O)OC(C2=NCCC3=C2CCCC3)C2CCCCC2)CC1. The van der Waals surface area contributed by atoms with Crippen molar-refractivity contribution in [1.29, 1.82) is 0 Å². The molecule has 1 unspecified atom stereocenters. The van der Waals surface area contributed by atoms with Crippen molar-refractivity contribution in [2.45, 2.75) is 103 Å². The zero-order valence-corrected chi connectivity index (χ0v) is 17.2. The smallest absolute Gasteiger partial charge is 0.309 e. The highest BCUT2D eigenvalue weighted by Crippen LogP contribution is 2.37. The molecular formula is C24H37NO2. The predicted octanol–water partition coefficient (Wildman–Crippen LogP) is 6.02. The van der Waals surface area contributed by atoms with Gasteiger partial charge in [-0.1, -0.05) is 31.8 Å². The summed E-state index contributed by atoms with van der Waals surface area (Å²) in [5.74, 6) is 1.44.